The van der Waals surface area contributed by atoms with Crippen LogP contribution in [0.25, 0.3) is 0 Å². The Kier molecular flexibility index (Phi) is 4.65. The van der Waals surface area contributed by atoms with Gasteiger partial charge >= 0.3 is 0 Å². The molecule has 0 amide bonds. The average Bonchev–Trinajstić information content (AvgIpc) is 2.48. The van der Waals surface area contributed by atoms with Gasteiger partial charge in [0.05, 0.1) is 12.7 Å². The first-order chi connectivity index (χ1) is 9.63. The van der Waals surface area contributed by atoms with Crippen LogP contribution in [0.5, 0.6) is 5.75 Å². The summed E-state index contributed by atoms with van der Waals surface area (Å²) in [6.07, 6.45) is 0. The van der Waals surface area contributed by atoms with Gasteiger partial charge in [0.15, 0.2) is 0 Å². The van der Waals surface area contributed by atoms with Gasteiger partial charge in [-0.3, -0.25) is 0 Å². The Morgan fingerprint density at radius 3 is 2.70 bits per heavy atom. The molecule has 2 rings (SSSR count). The van der Waals surface area contributed by atoms with Crippen molar-refractivity contribution in [3.8, 4) is 11.8 Å². The minimum atomic E-state index is 0.552. The molecule has 0 aliphatic rings. The van der Waals surface area contributed by atoms with Crippen molar-refractivity contribution in [1.82, 2.24) is 0 Å². The zero-order valence-electron chi connectivity index (χ0n) is 11.4. The van der Waals surface area contributed by atoms with E-state index in [0.29, 0.717) is 17.9 Å². The lowest BCUT2D eigenvalue weighted by Crippen LogP contribution is -2.00. The summed E-state index contributed by atoms with van der Waals surface area (Å²) in [5, 5.41) is 12.3. The first-order valence-corrected chi connectivity index (χ1v) is 7.00. The van der Waals surface area contributed by atoms with E-state index in [1.54, 1.807) is 13.2 Å². The molecule has 0 aromatic heterocycles. The van der Waals surface area contributed by atoms with Crippen LogP contribution in [0.4, 0.5) is 5.69 Å². The van der Waals surface area contributed by atoms with E-state index in [1.165, 1.54) is 5.56 Å². The number of halogens is 1. The summed E-state index contributed by atoms with van der Waals surface area (Å²) < 4.78 is 6.31. The highest BCUT2D eigenvalue weighted by atomic mass is 79.9. The molecule has 0 heterocycles. The molecule has 20 heavy (non-hydrogen) atoms. The molecule has 4 heteroatoms. The van der Waals surface area contributed by atoms with Gasteiger partial charge in [-0.1, -0.05) is 22.0 Å². The van der Waals surface area contributed by atoms with Crippen molar-refractivity contribution in [2.75, 3.05) is 12.4 Å². The first kappa shape index (κ1) is 14.4. The van der Waals surface area contributed by atoms with Crippen LogP contribution in [0.3, 0.4) is 0 Å². The highest BCUT2D eigenvalue weighted by Gasteiger charge is 2.04. The summed E-state index contributed by atoms with van der Waals surface area (Å²) in [7, 11) is 1.57. The number of anilines is 1. The van der Waals surface area contributed by atoms with Crippen molar-refractivity contribution < 1.29 is 4.74 Å². The van der Waals surface area contributed by atoms with Gasteiger partial charge in [0, 0.05) is 16.7 Å². The lowest BCUT2D eigenvalue weighted by atomic mass is 10.1. The molecule has 1 N–H and O–H groups in total. The summed E-state index contributed by atoms with van der Waals surface area (Å²) in [6.45, 7) is 2.74. The van der Waals surface area contributed by atoms with Gasteiger partial charge in [-0.05, 0) is 48.4 Å². The molecule has 3 nitrogen and oxygen atoms in total. The molecule has 0 aliphatic carbocycles. The number of nitrogens with one attached hydrogen (secondary N) is 1. The predicted octanol–water partition coefficient (Wildman–Crippen LogP) is 4.25. The number of nitriles is 1. The number of hydrogen-bond donors (Lipinski definition) is 1. The van der Waals surface area contributed by atoms with Crippen LogP contribution in [0.1, 0.15) is 16.7 Å². The quantitative estimate of drug-likeness (QED) is 0.911. The number of ether oxygens (including phenoxy) is 1. The van der Waals surface area contributed by atoms with Gasteiger partial charge in [0.1, 0.15) is 11.8 Å². The van der Waals surface area contributed by atoms with E-state index in [2.05, 4.69) is 40.3 Å². The second kappa shape index (κ2) is 6.44. The fraction of sp³-hybridized carbons (Fsp3) is 0.188. The smallest absolute Gasteiger partial charge is 0.136 e. The number of benzene rings is 2. The molecule has 0 saturated heterocycles. The van der Waals surface area contributed by atoms with E-state index >= 15 is 0 Å². The lowest BCUT2D eigenvalue weighted by molar-refractivity contribution is 0.413. The summed E-state index contributed by atoms with van der Waals surface area (Å²) >= 11 is 3.49. The molecular formula is C16H15BrN2O. The van der Waals surface area contributed by atoms with Crippen LogP contribution < -0.4 is 10.1 Å². The average molecular weight is 331 g/mol. The number of hydrogen-bond acceptors (Lipinski definition) is 3. The second-order valence-corrected chi connectivity index (χ2v) is 5.32. The van der Waals surface area contributed by atoms with Crippen molar-refractivity contribution >= 4 is 21.6 Å². The predicted molar refractivity (Wildman–Crippen MR) is 83.9 cm³/mol. The van der Waals surface area contributed by atoms with E-state index in [4.69, 9.17) is 10.00 Å². The molecular weight excluding hydrogens is 316 g/mol. The standard InChI is InChI=1S/C16H15BrN2O/c1-11-7-14(5-6-15(11)17)19-10-12-3-4-13(9-18)16(8-12)20-2/h3-8,19H,10H2,1-2H3. The zero-order valence-corrected chi connectivity index (χ0v) is 13.0. The van der Waals surface area contributed by atoms with Gasteiger partial charge < -0.3 is 10.1 Å². The Balaban J connectivity index is 2.11. The van der Waals surface area contributed by atoms with Crippen LogP contribution in [-0.4, -0.2) is 7.11 Å². The fourth-order valence-corrected chi connectivity index (χ4v) is 2.14. The summed E-state index contributed by atoms with van der Waals surface area (Å²) in [4.78, 5) is 0. The molecule has 0 radical (unpaired) electrons. The van der Waals surface area contributed by atoms with E-state index in [9.17, 15) is 0 Å². The summed E-state index contributed by atoms with van der Waals surface area (Å²) in [5.41, 5.74) is 3.87. The largest absolute Gasteiger partial charge is 0.495 e. The minimum absolute atomic E-state index is 0.552. The summed E-state index contributed by atoms with van der Waals surface area (Å²) in [6, 6.07) is 13.8. The van der Waals surface area contributed by atoms with Crippen LogP contribution >= 0.6 is 15.9 Å². The molecule has 2 aromatic carbocycles. The van der Waals surface area contributed by atoms with Crippen molar-refractivity contribution in [2.45, 2.75) is 13.5 Å². The first-order valence-electron chi connectivity index (χ1n) is 6.21. The Labute approximate surface area is 127 Å². The molecule has 102 valence electrons. The zero-order chi connectivity index (χ0) is 14.5. The third kappa shape index (κ3) is 3.31. The van der Waals surface area contributed by atoms with Crippen molar-refractivity contribution in [3.05, 3.63) is 57.6 Å². The molecule has 0 bridgehead atoms. The minimum Gasteiger partial charge on any atom is -0.495 e. The summed E-state index contributed by atoms with van der Waals surface area (Å²) in [5.74, 6) is 0.610. The van der Waals surface area contributed by atoms with Crippen molar-refractivity contribution in [1.29, 1.82) is 5.26 Å². The van der Waals surface area contributed by atoms with Crippen LogP contribution in [0.15, 0.2) is 40.9 Å². The van der Waals surface area contributed by atoms with E-state index in [-0.39, 0.29) is 0 Å². The highest BCUT2D eigenvalue weighted by molar-refractivity contribution is 9.10. The van der Waals surface area contributed by atoms with Gasteiger partial charge in [0.25, 0.3) is 0 Å². The lowest BCUT2D eigenvalue weighted by Gasteiger charge is -2.10. The maximum Gasteiger partial charge on any atom is 0.136 e. The molecule has 0 spiro atoms. The Hall–Kier alpha value is -1.99. The van der Waals surface area contributed by atoms with Gasteiger partial charge in [-0.2, -0.15) is 5.26 Å². The molecule has 0 unspecified atom stereocenters. The van der Waals surface area contributed by atoms with Crippen LogP contribution in [0, 0.1) is 18.3 Å². The number of nitrogens with zero attached hydrogens (tertiary/aromatic N) is 1. The van der Waals surface area contributed by atoms with Crippen molar-refractivity contribution in [2.24, 2.45) is 0 Å². The molecule has 2 aromatic rings. The number of rotatable bonds is 4. The number of methoxy groups -OCH3 is 1. The Morgan fingerprint density at radius 2 is 2.05 bits per heavy atom. The van der Waals surface area contributed by atoms with E-state index in [1.807, 2.05) is 24.3 Å². The van der Waals surface area contributed by atoms with Crippen molar-refractivity contribution in [3.63, 3.8) is 0 Å². The number of aryl methyl sites for hydroxylation is 1. The highest BCUT2D eigenvalue weighted by Crippen LogP contribution is 2.22. The third-order valence-corrected chi connectivity index (χ3v) is 3.93. The normalized spacial score (nSPS) is 9.90. The van der Waals surface area contributed by atoms with Gasteiger partial charge in [-0.15, -0.1) is 0 Å². The van der Waals surface area contributed by atoms with Crippen LogP contribution in [-0.2, 0) is 6.54 Å². The van der Waals surface area contributed by atoms with Gasteiger partial charge in [0.2, 0.25) is 0 Å². The van der Waals surface area contributed by atoms with Crippen LogP contribution in [0.2, 0.25) is 0 Å². The fourth-order valence-electron chi connectivity index (χ4n) is 1.90. The monoisotopic (exact) mass is 330 g/mol. The second-order valence-electron chi connectivity index (χ2n) is 4.46. The van der Waals surface area contributed by atoms with E-state index in [0.717, 1.165) is 15.7 Å². The Morgan fingerprint density at radius 1 is 1.25 bits per heavy atom. The SMILES string of the molecule is COc1cc(CNc2ccc(Br)c(C)c2)ccc1C#N. The van der Waals surface area contributed by atoms with Gasteiger partial charge in [-0.25, -0.2) is 0 Å². The van der Waals surface area contributed by atoms with E-state index < -0.39 is 0 Å². The molecule has 0 saturated carbocycles. The Bertz CT molecular complexity index is 662. The third-order valence-electron chi connectivity index (χ3n) is 3.04. The topological polar surface area (TPSA) is 45.0 Å². The molecule has 0 atom stereocenters. The maximum atomic E-state index is 8.95. The molecule has 0 fully saturated rings. The molecule has 0 aliphatic heterocycles. The maximum absolute atomic E-state index is 8.95.